The van der Waals surface area contributed by atoms with Gasteiger partial charge in [0.15, 0.2) is 0 Å². The monoisotopic (exact) mass is 304 g/mol. The van der Waals surface area contributed by atoms with Gasteiger partial charge in [0.1, 0.15) is 0 Å². The smallest absolute Gasteiger partial charge is 0.317 e. The SMILES string of the molecule is CC[C@]1(C)CN(C(=O)NCC[S@](=O)C(C)(C)C)CCO1. The topological polar surface area (TPSA) is 58.6 Å². The van der Waals surface area contributed by atoms with Crippen LogP contribution < -0.4 is 5.32 Å². The molecule has 1 N–H and O–H groups in total. The van der Waals surface area contributed by atoms with Gasteiger partial charge in [-0.3, -0.25) is 4.21 Å². The maximum Gasteiger partial charge on any atom is 0.317 e. The van der Waals surface area contributed by atoms with Gasteiger partial charge in [0.25, 0.3) is 0 Å². The van der Waals surface area contributed by atoms with Gasteiger partial charge in [-0.25, -0.2) is 4.79 Å². The molecule has 118 valence electrons. The van der Waals surface area contributed by atoms with Crippen LogP contribution in [0, 0.1) is 0 Å². The van der Waals surface area contributed by atoms with E-state index in [9.17, 15) is 9.00 Å². The summed E-state index contributed by atoms with van der Waals surface area (Å²) in [6.45, 7) is 12.2. The number of hydrogen-bond donors (Lipinski definition) is 1. The summed E-state index contributed by atoms with van der Waals surface area (Å²) in [5.74, 6) is 0.491. The zero-order valence-corrected chi connectivity index (χ0v) is 14.1. The number of amides is 2. The van der Waals surface area contributed by atoms with Gasteiger partial charge >= 0.3 is 6.03 Å². The molecule has 5 nitrogen and oxygen atoms in total. The number of nitrogens with zero attached hydrogens (tertiary/aromatic N) is 1. The molecule has 1 rings (SSSR count). The van der Waals surface area contributed by atoms with E-state index in [2.05, 4.69) is 12.2 Å². The van der Waals surface area contributed by atoms with Crippen molar-refractivity contribution in [2.45, 2.75) is 51.4 Å². The molecule has 6 heteroatoms. The molecule has 1 fully saturated rings. The van der Waals surface area contributed by atoms with Crippen molar-refractivity contribution in [3.05, 3.63) is 0 Å². The second-order valence-electron chi connectivity index (χ2n) is 6.47. The summed E-state index contributed by atoms with van der Waals surface area (Å²) in [4.78, 5) is 13.9. The number of urea groups is 1. The third-order valence-electron chi connectivity index (χ3n) is 3.62. The number of morpholine rings is 1. The lowest BCUT2D eigenvalue weighted by Crippen LogP contribution is -2.54. The highest BCUT2D eigenvalue weighted by Gasteiger charge is 2.32. The summed E-state index contributed by atoms with van der Waals surface area (Å²) in [6, 6.07) is -0.0844. The Morgan fingerprint density at radius 1 is 1.45 bits per heavy atom. The van der Waals surface area contributed by atoms with Crippen LogP contribution in [0.3, 0.4) is 0 Å². The minimum absolute atomic E-state index is 0.0844. The molecule has 2 atom stereocenters. The second-order valence-corrected chi connectivity index (χ2v) is 8.79. The van der Waals surface area contributed by atoms with Crippen molar-refractivity contribution in [3.8, 4) is 0 Å². The Hall–Kier alpha value is -0.620. The largest absolute Gasteiger partial charge is 0.372 e. The Labute approximate surface area is 124 Å². The highest BCUT2D eigenvalue weighted by Crippen LogP contribution is 2.20. The van der Waals surface area contributed by atoms with Gasteiger partial charge in [-0.2, -0.15) is 0 Å². The first kappa shape index (κ1) is 17.4. The normalized spacial score (nSPS) is 25.4. The predicted molar refractivity (Wildman–Crippen MR) is 82.4 cm³/mol. The maximum absolute atomic E-state index is 12.1. The van der Waals surface area contributed by atoms with Crippen molar-refractivity contribution < 1.29 is 13.7 Å². The van der Waals surface area contributed by atoms with Crippen LogP contribution in [0.15, 0.2) is 0 Å². The summed E-state index contributed by atoms with van der Waals surface area (Å²) in [6.07, 6.45) is 0.880. The second kappa shape index (κ2) is 6.89. The van der Waals surface area contributed by atoms with Gasteiger partial charge < -0.3 is 15.0 Å². The van der Waals surface area contributed by atoms with E-state index >= 15 is 0 Å². The molecule has 0 aromatic rings. The zero-order chi connectivity index (χ0) is 15.4. The number of hydrogen-bond acceptors (Lipinski definition) is 3. The fraction of sp³-hybridized carbons (Fsp3) is 0.929. The Balaban J connectivity index is 2.38. The fourth-order valence-corrected chi connectivity index (χ4v) is 2.89. The third kappa shape index (κ3) is 5.05. The lowest BCUT2D eigenvalue weighted by Gasteiger charge is -2.39. The molecule has 2 amide bonds. The first-order chi connectivity index (χ1) is 9.18. The van der Waals surface area contributed by atoms with Gasteiger partial charge in [-0.1, -0.05) is 6.92 Å². The van der Waals surface area contributed by atoms with Crippen LogP contribution in [-0.2, 0) is 15.5 Å². The van der Waals surface area contributed by atoms with Crippen LogP contribution >= 0.6 is 0 Å². The Morgan fingerprint density at radius 3 is 2.65 bits per heavy atom. The molecular formula is C14H28N2O3S. The average molecular weight is 304 g/mol. The summed E-state index contributed by atoms with van der Waals surface area (Å²) < 4.78 is 17.4. The molecule has 0 bridgehead atoms. The van der Waals surface area contributed by atoms with E-state index in [1.54, 1.807) is 4.90 Å². The van der Waals surface area contributed by atoms with E-state index in [0.29, 0.717) is 32.0 Å². The van der Waals surface area contributed by atoms with E-state index in [-0.39, 0.29) is 16.4 Å². The first-order valence-electron chi connectivity index (χ1n) is 7.23. The van der Waals surface area contributed by atoms with Crippen LogP contribution in [0.5, 0.6) is 0 Å². The first-order valence-corrected chi connectivity index (χ1v) is 8.55. The number of ether oxygens (including phenoxy) is 1. The molecule has 1 heterocycles. The molecular weight excluding hydrogens is 276 g/mol. The Kier molecular flexibility index (Phi) is 6.01. The molecule has 0 aromatic carbocycles. The van der Waals surface area contributed by atoms with Gasteiger partial charge in [0.2, 0.25) is 0 Å². The quantitative estimate of drug-likeness (QED) is 0.861. The predicted octanol–water partition coefficient (Wildman–Crippen LogP) is 1.74. The van der Waals surface area contributed by atoms with Crippen LogP contribution in [0.25, 0.3) is 0 Å². The summed E-state index contributed by atoms with van der Waals surface area (Å²) in [5.41, 5.74) is -0.246. The number of nitrogens with one attached hydrogen (secondary N) is 1. The van der Waals surface area contributed by atoms with Gasteiger partial charge in [-0.15, -0.1) is 0 Å². The van der Waals surface area contributed by atoms with Gasteiger partial charge in [0.05, 0.1) is 18.8 Å². The standard InChI is InChI=1S/C14H28N2O3S/c1-6-14(5)11-16(8-9-19-14)12(17)15-7-10-20(18)13(2,3)4/h6-11H2,1-5H3,(H,15,17)/t14-,20+/m1/s1. The third-order valence-corrected chi connectivity index (χ3v) is 5.56. The molecule has 1 aliphatic heterocycles. The van der Waals surface area contributed by atoms with E-state index < -0.39 is 10.8 Å². The number of carbonyl (C=O) groups excluding carboxylic acids is 1. The van der Waals surface area contributed by atoms with Crippen molar-refractivity contribution in [1.29, 1.82) is 0 Å². The van der Waals surface area contributed by atoms with Gasteiger partial charge in [-0.05, 0) is 34.1 Å². The van der Waals surface area contributed by atoms with Crippen LogP contribution in [0.4, 0.5) is 4.79 Å². The van der Waals surface area contributed by atoms with Crippen molar-refractivity contribution in [1.82, 2.24) is 10.2 Å². The molecule has 0 radical (unpaired) electrons. The summed E-state index contributed by atoms with van der Waals surface area (Å²) in [5, 5.41) is 2.86. The van der Waals surface area contributed by atoms with E-state index in [1.807, 2.05) is 27.7 Å². The minimum atomic E-state index is -0.934. The zero-order valence-electron chi connectivity index (χ0n) is 13.3. The summed E-state index contributed by atoms with van der Waals surface area (Å²) >= 11 is 0. The molecule has 1 saturated heterocycles. The highest BCUT2D eigenvalue weighted by atomic mass is 32.2. The van der Waals surface area contributed by atoms with Crippen molar-refractivity contribution in [3.63, 3.8) is 0 Å². The lowest BCUT2D eigenvalue weighted by molar-refractivity contribution is -0.0872. The molecule has 0 unspecified atom stereocenters. The average Bonchev–Trinajstić information content (AvgIpc) is 2.37. The van der Waals surface area contributed by atoms with Crippen molar-refractivity contribution >= 4 is 16.8 Å². The maximum atomic E-state index is 12.1. The molecule has 0 saturated carbocycles. The Bertz CT molecular complexity index is 368. The fourth-order valence-electron chi connectivity index (χ4n) is 1.99. The van der Waals surface area contributed by atoms with E-state index in [1.165, 1.54) is 0 Å². The van der Waals surface area contributed by atoms with E-state index in [4.69, 9.17) is 4.74 Å². The molecule has 0 aliphatic carbocycles. The lowest BCUT2D eigenvalue weighted by atomic mass is 10.0. The van der Waals surface area contributed by atoms with Crippen LogP contribution in [0.2, 0.25) is 0 Å². The number of rotatable bonds is 4. The summed E-state index contributed by atoms with van der Waals surface area (Å²) in [7, 11) is -0.934. The van der Waals surface area contributed by atoms with Crippen molar-refractivity contribution in [2.75, 3.05) is 32.0 Å². The molecule has 0 spiro atoms. The molecule has 20 heavy (non-hydrogen) atoms. The van der Waals surface area contributed by atoms with Crippen LogP contribution in [-0.4, -0.2) is 57.5 Å². The Morgan fingerprint density at radius 2 is 2.10 bits per heavy atom. The van der Waals surface area contributed by atoms with Gasteiger partial charge in [0, 0.05) is 34.4 Å². The van der Waals surface area contributed by atoms with Crippen LogP contribution in [0.1, 0.15) is 41.0 Å². The van der Waals surface area contributed by atoms with E-state index in [0.717, 1.165) is 6.42 Å². The van der Waals surface area contributed by atoms with Crippen molar-refractivity contribution in [2.24, 2.45) is 0 Å². The highest BCUT2D eigenvalue weighted by molar-refractivity contribution is 7.86. The number of carbonyl (C=O) groups is 1. The minimum Gasteiger partial charge on any atom is -0.372 e. The molecule has 1 aliphatic rings. The molecule has 0 aromatic heterocycles.